The average molecular weight is 392 g/mol. The molecule has 0 fully saturated rings. The molecular formula is C14H24N4O7S. The average Bonchev–Trinajstić information content (AvgIpc) is 2.55. The van der Waals surface area contributed by atoms with Crippen LogP contribution in [0.15, 0.2) is 0 Å². The van der Waals surface area contributed by atoms with E-state index in [-0.39, 0.29) is 0 Å². The number of carbonyl (C=O) groups excluding carboxylic acids is 3. The van der Waals surface area contributed by atoms with E-state index in [4.69, 9.17) is 15.9 Å². The van der Waals surface area contributed by atoms with Crippen LogP contribution < -0.4 is 21.7 Å². The molecule has 0 heterocycles. The molecule has 0 aromatic carbocycles. The van der Waals surface area contributed by atoms with Crippen LogP contribution in [0, 0.1) is 0 Å². The highest BCUT2D eigenvalue weighted by Crippen LogP contribution is 1.98. The van der Waals surface area contributed by atoms with Gasteiger partial charge in [-0.05, 0) is 25.4 Å². The van der Waals surface area contributed by atoms with E-state index in [9.17, 15) is 24.0 Å². The molecule has 3 unspecified atom stereocenters. The number of nitrogens with one attached hydrogen (secondary N) is 3. The highest BCUT2D eigenvalue weighted by atomic mass is 32.2. The molecule has 0 saturated heterocycles. The van der Waals surface area contributed by atoms with Gasteiger partial charge in [-0.1, -0.05) is 0 Å². The first kappa shape index (κ1) is 23.7. The third-order valence-electron chi connectivity index (χ3n) is 3.16. The van der Waals surface area contributed by atoms with Crippen molar-refractivity contribution in [2.75, 3.05) is 18.6 Å². The van der Waals surface area contributed by atoms with Gasteiger partial charge in [-0.2, -0.15) is 11.8 Å². The number of carboxylic acids is 2. The van der Waals surface area contributed by atoms with Crippen LogP contribution in [0.1, 0.15) is 19.8 Å². The fraction of sp³-hybridized carbons (Fsp3) is 0.643. The Morgan fingerprint density at radius 2 is 1.69 bits per heavy atom. The molecule has 7 N–H and O–H groups in total. The summed E-state index contributed by atoms with van der Waals surface area (Å²) in [7, 11) is 0. The molecule has 0 saturated carbocycles. The summed E-state index contributed by atoms with van der Waals surface area (Å²) in [4.78, 5) is 56.7. The first-order chi connectivity index (χ1) is 12.1. The third-order valence-corrected chi connectivity index (χ3v) is 3.80. The van der Waals surface area contributed by atoms with Gasteiger partial charge in [0.1, 0.15) is 12.1 Å². The van der Waals surface area contributed by atoms with E-state index in [1.807, 2.05) is 11.6 Å². The lowest BCUT2D eigenvalue weighted by atomic mass is 10.2. The van der Waals surface area contributed by atoms with Crippen LogP contribution in [0.25, 0.3) is 0 Å². The molecule has 12 heteroatoms. The monoisotopic (exact) mass is 392 g/mol. The normalized spacial score (nSPS) is 13.8. The number of amides is 3. The molecule has 0 radical (unpaired) electrons. The zero-order valence-electron chi connectivity index (χ0n) is 14.5. The van der Waals surface area contributed by atoms with Gasteiger partial charge in [0.15, 0.2) is 0 Å². The smallest absolute Gasteiger partial charge is 0.326 e. The minimum absolute atomic E-state index is 0.402. The zero-order valence-corrected chi connectivity index (χ0v) is 15.3. The molecule has 3 amide bonds. The maximum absolute atomic E-state index is 11.8. The molecule has 0 aliphatic heterocycles. The van der Waals surface area contributed by atoms with Crippen molar-refractivity contribution in [2.24, 2.45) is 5.73 Å². The molecular weight excluding hydrogens is 368 g/mol. The zero-order chi connectivity index (χ0) is 20.3. The summed E-state index contributed by atoms with van der Waals surface area (Å²) in [6.07, 6.45) is 1.52. The molecule has 0 bridgehead atoms. The maximum atomic E-state index is 11.8. The molecule has 0 rings (SSSR count). The van der Waals surface area contributed by atoms with Crippen LogP contribution in [0.5, 0.6) is 0 Å². The minimum Gasteiger partial charge on any atom is -0.481 e. The van der Waals surface area contributed by atoms with Crippen LogP contribution in [0.2, 0.25) is 0 Å². The van der Waals surface area contributed by atoms with Gasteiger partial charge >= 0.3 is 11.9 Å². The van der Waals surface area contributed by atoms with Gasteiger partial charge < -0.3 is 31.9 Å². The van der Waals surface area contributed by atoms with Crippen molar-refractivity contribution in [2.45, 2.75) is 37.9 Å². The van der Waals surface area contributed by atoms with Gasteiger partial charge in [-0.15, -0.1) is 0 Å². The Labute approximate surface area is 154 Å². The largest absolute Gasteiger partial charge is 0.481 e. The molecule has 0 aliphatic rings. The predicted octanol–water partition coefficient (Wildman–Crippen LogP) is -2.27. The summed E-state index contributed by atoms with van der Waals surface area (Å²) in [5.41, 5.74) is 5.64. The summed E-state index contributed by atoms with van der Waals surface area (Å²) in [6.45, 7) is 0.889. The van der Waals surface area contributed by atoms with Crippen molar-refractivity contribution < 1.29 is 34.2 Å². The molecule has 11 nitrogen and oxygen atoms in total. The van der Waals surface area contributed by atoms with E-state index >= 15 is 0 Å². The molecule has 0 aromatic rings. The molecule has 0 aliphatic carbocycles. The number of nitrogens with two attached hydrogens (primary N) is 1. The Morgan fingerprint density at radius 3 is 2.19 bits per heavy atom. The van der Waals surface area contributed by atoms with Crippen molar-refractivity contribution in [3.8, 4) is 0 Å². The quantitative estimate of drug-likeness (QED) is 0.213. The van der Waals surface area contributed by atoms with Crippen molar-refractivity contribution in [1.82, 2.24) is 16.0 Å². The Balaban J connectivity index is 4.39. The number of rotatable bonds is 12. The first-order valence-corrected chi connectivity index (χ1v) is 9.04. The second-order valence-corrected chi connectivity index (χ2v) is 6.38. The first-order valence-electron chi connectivity index (χ1n) is 7.65. The molecule has 0 aromatic heterocycles. The number of thioether (sulfide) groups is 1. The SMILES string of the molecule is CSCCC(N)C(=O)NCC(=O)NC(C)C(=O)NC(CC(=O)O)C(=O)O. The summed E-state index contributed by atoms with van der Waals surface area (Å²) < 4.78 is 0. The van der Waals surface area contributed by atoms with Crippen LogP contribution in [-0.2, 0) is 24.0 Å². The van der Waals surface area contributed by atoms with E-state index in [1.165, 1.54) is 18.7 Å². The number of carbonyl (C=O) groups is 5. The third kappa shape index (κ3) is 9.84. The van der Waals surface area contributed by atoms with E-state index in [0.29, 0.717) is 12.2 Å². The molecule has 148 valence electrons. The van der Waals surface area contributed by atoms with Crippen LogP contribution in [-0.4, -0.2) is 76.6 Å². The number of aliphatic carboxylic acids is 2. The van der Waals surface area contributed by atoms with Crippen molar-refractivity contribution in [3.05, 3.63) is 0 Å². The Hall–Kier alpha value is -2.34. The van der Waals surface area contributed by atoms with E-state index in [2.05, 4.69) is 10.6 Å². The summed E-state index contributed by atoms with van der Waals surface area (Å²) in [5.74, 6) is -4.25. The van der Waals surface area contributed by atoms with Crippen molar-refractivity contribution >= 4 is 41.4 Å². The second-order valence-electron chi connectivity index (χ2n) is 5.39. The van der Waals surface area contributed by atoms with Gasteiger partial charge in [0, 0.05) is 0 Å². The lowest BCUT2D eigenvalue weighted by molar-refractivity contribution is -0.147. The lowest BCUT2D eigenvalue weighted by Gasteiger charge is -2.18. The van der Waals surface area contributed by atoms with Crippen LogP contribution in [0.3, 0.4) is 0 Å². The summed E-state index contributed by atoms with van der Waals surface area (Å²) >= 11 is 1.53. The van der Waals surface area contributed by atoms with Crippen molar-refractivity contribution in [1.29, 1.82) is 0 Å². The standard InChI is InChI=1S/C14H24N4O7S/c1-7(12(22)18-9(14(24)25)5-11(20)21)17-10(19)6-16-13(23)8(15)3-4-26-2/h7-9H,3-6,15H2,1-2H3,(H,16,23)(H,17,19)(H,18,22)(H,20,21)(H,24,25). The van der Waals surface area contributed by atoms with Gasteiger partial charge in [-0.3, -0.25) is 19.2 Å². The number of carboxylic acid groups (broad SMARTS) is 2. The maximum Gasteiger partial charge on any atom is 0.326 e. The van der Waals surface area contributed by atoms with Gasteiger partial charge in [0.05, 0.1) is 19.0 Å². The Bertz CT molecular complexity index is 543. The minimum atomic E-state index is -1.62. The number of hydrogen-bond donors (Lipinski definition) is 6. The number of hydrogen-bond acceptors (Lipinski definition) is 7. The topological polar surface area (TPSA) is 188 Å². The highest BCUT2D eigenvalue weighted by Gasteiger charge is 2.26. The Kier molecular flexibility index (Phi) is 11.0. The highest BCUT2D eigenvalue weighted by molar-refractivity contribution is 7.98. The fourth-order valence-electron chi connectivity index (χ4n) is 1.70. The molecule has 0 spiro atoms. The molecule has 26 heavy (non-hydrogen) atoms. The van der Waals surface area contributed by atoms with Crippen LogP contribution >= 0.6 is 11.8 Å². The van der Waals surface area contributed by atoms with E-state index < -0.39 is 60.8 Å². The summed E-state index contributed by atoms with van der Waals surface area (Å²) in [5, 5.41) is 24.1. The van der Waals surface area contributed by atoms with Gasteiger partial charge in [0.25, 0.3) is 0 Å². The van der Waals surface area contributed by atoms with Gasteiger partial charge in [-0.25, -0.2) is 4.79 Å². The summed E-state index contributed by atoms with van der Waals surface area (Å²) in [6, 6.07) is -3.49. The predicted molar refractivity (Wildman–Crippen MR) is 93.4 cm³/mol. The lowest BCUT2D eigenvalue weighted by Crippen LogP contribution is -2.53. The van der Waals surface area contributed by atoms with E-state index in [0.717, 1.165) is 0 Å². The molecule has 3 atom stereocenters. The Morgan fingerprint density at radius 1 is 1.08 bits per heavy atom. The van der Waals surface area contributed by atoms with E-state index in [1.54, 1.807) is 0 Å². The van der Waals surface area contributed by atoms with Gasteiger partial charge in [0.2, 0.25) is 17.7 Å². The van der Waals surface area contributed by atoms with Crippen LogP contribution in [0.4, 0.5) is 0 Å². The fourth-order valence-corrected chi connectivity index (χ4v) is 2.19. The van der Waals surface area contributed by atoms with Crippen molar-refractivity contribution in [3.63, 3.8) is 0 Å². The second kappa shape index (κ2) is 12.1.